The summed E-state index contributed by atoms with van der Waals surface area (Å²) in [6.45, 7) is 1.78. The fourth-order valence-electron chi connectivity index (χ4n) is 3.34. The number of benzene rings is 3. The highest BCUT2D eigenvalue weighted by atomic mass is 35.5. The molecule has 1 heterocycles. The van der Waals surface area contributed by atoms with Crippen molar-refractivity contribution in [3.05, 3.63) is 95.5 Å². The van der Waals surface area contributed by atoms with Crippen molar-refractivity contribution in [3.8, 4) is 22.8 Å². The van der Waals surface area contributed by atoms with Gasteiger partial charge in [-0.25, -0.2) is 9.37 Å². The summed E-state index contributed by atoms with van der Waals surface area (Å²) < 4.78 is 20.6. The maximum atomic E-state index is 13.2. The number of aromatic nitrogens is 2. The first-order valence-electron chi connectivity index (χ1n) is 10.0. The van der Waals surface area contributed by atoms with Gasteiger partial charge in [-0.2, -0.15) is 0 Å². The van der Waals surface area contributed by atoms with Crippen LogP contribution in [0.3, 0.4) is 0 Å². The predicted octanol–water partition coefficient (Wildman–Crippen LogP) is 6.08. The second-order valence-corrected chi connectivity index (χ2v) is 7.69. The van der Waals surface area contributed by atoms with Gasteiger partial charge in [0.2, 0.25) is 5.91 Å². The number of nitrogens with one attached hydrogen (secondary N) is 1. The Morgan fingerprint density at radius 2 is 1.75 bits per heavy atom. The van der Waals surface area contributed by atoms with E-state index in [1.54, 1.807) is 26.2 Å². The van der Waals surface area contributed by atoms with E-state index >= 15 is 0 Å². The molecule has 0 spiro atoms. The molecule has 32 heavy (non-hydrogen) atoms. The van der Waals surface area contributed by atoms with Gasteiger partial charge in [0.1, 0.15) is 17.4 Å². The molecule has 5 nitrogen and oxygen atoms in total. The summed E-state index contributed by atoms with van der Waals surface area (Å²) in [5, 5.41) is 3.43. The average Bonchev–Trinajstić information content (AvgIpc) is 3.25. The number of rotatable bonds is 6. The lowest BCUT2D eigenvalue weighted by Crippen LogP contribution is -2.19. The smallest absolute Gasteiger partial charge is 0.233 e. The van der Waals surface area contributed by atoms with Crippen molar-refractivity contribution in [2.45, 2.75) is 12.8 Å². The zero-order valence-corrected chi connectivity index (χ0v) is 18.3. The molecule has 3 aromatic carbocycles. The number of carbonyl (C=O) groups is 1. The van der Waals surface area contributed by atoms with Gasteiger partial charge in [-0.3, -0.25) is 9.36 Å². The van der Waals surface area contributed by atoms with Gasteiger partial charge in [0.15, 0.2) is 0 Å². The Kier molecular flexibility index (Phi) is 6.23. The molecule has 1 amide bonds. The molecule has 1 unspecified atom stereocenters. The third kappa shape index (κ3) is 4.50. The van der Waals surface area contributed by atoms with Gasteiger partial charge in [0.25, 0.3) is 0 Å². The van der Waals surface area contributed by atoms with Crippen LogP contribution in [0.15, 0.2) is 79.0 Å². The number of carbonyl (C=O) groups excluding carboxylic acids is 1. The van der Waals surface area contributed by atoms with E-state index < -0.39 is 5.92 Å². The maximum Gasteiger partial charge on any atom is 0.233 e. The number of para-hydroxylation sites is 1. The fraction of sp³-hybridized carbons (Fsp3) is 0.120. The molecular weight excluding hydrogens is 429 g/mol. The summed E-state index contributed by atoms with van der Waals surface area (Å²) in [5.41, 5.74) is 2.74. The van der Waals surface area contributed by atoms with Crippen LogP contribution in [0.5, 0.6) is 5.75 Å². The van der Waals surface area contributed by atoms with Gasteiger partial charge in [-0.05, 0) is 67.6 Å². The average molecular weight is 450 g/mol. The Labute approximate surface area is 190 Å². The molecule has 1 N–H and O–H groups in total. The van der Waals surface area contributed by atoms with Gasteiger partial charge in [-0.15, -0.1) is 0 Å². The molecule has 1 atom stereocenters. The lowest BCUT2D eigenvalue weighted by atomic mass is 10.1. The van der Waals surface area contributed by atoms with Crippen LogP contribution in [0, 0.1) is 5.82 Å². The number of imidazole rings is 1. The van der Waals surface area contributed by atoms with Crippen LogP contribution in [0.25, 0.3) is 17.1 Å². The van der Waals surface area contributed by atoms with Crippen molar-refractivity contribution >= 4 is 23.2 Å². The number of hydrogen-bond acceptors (Lipinski definition) is 3. The van der Waals surface area contributed by atoms with Crippen LogP contribution in [-0.4, -0.2) is 22.6 Å². The number of methoxy groups -OCH3 is 1. The third-order valence-corrected chi connectivity index (χ3v) is 5.38. The van der Waals surface area contributed by atoms with Crippen LogP contribution < -0.4 is 10.1 Å². The lowest BCUT2D eigenvalue weighted by Gasteiger charge is -2.11. The van der Waals surface area contributed by atoms with E-state index in [-0.39, 0.29) is 11.7 Å². The van der Waals surface area contributed by atoms with E-state index in [4.69, 9.17) is 21.3 Å². The van der Waals surface area contributed by atoms with Crippen LogP contribution in [0.1, 0.15) is 18.5 Å². The SMILES string of the molecule is COc1ccccc1-c1nc(C(C)C(=O)Nc2ccc(F)cc2)cn1-c1ccc(Cl)cc1. The van der Waals surface area contributed by atoms with Crippen molar-refractivity contribution in [1.82, 2.24) is 9.55 Å². The summed E-state index contributed by atoms with van der Waals surface area (Å²) >= 11 is 6.07. The topological polar surface area (TPSA) is 56.1 Å². The fourth-order valence-corrected chi connectivity index (χ4v) is 3.47. The zero-order chi connectivity index (χ0) is 22.7. The van der Waals surface area contributed by atoms with Crippen LogP contribution in [-0.2, 0) is 4.79 Å². The Hall–Kier alpha value is -3.64. The van der Waals surface area contributed by atoms with Crippen LogP contribution >= 0.6 is 11.6 Å². The van der Waals surface area contributed by atoms with Crippen LogP contribution in [0.4, 0.5) is 10.1 Å². The maximum absolute atomic E-state index is 13.2. The number of nitrogens with zero attached hydrogens (tertiary/aromatic N) is 2. The highest BCUT2D eigenvalue weighted by Gasteiger charge is 2.23. The van der Waals surface area contributed by atoms with E-state index in [2.05, 4.69) is 5.32 Å². The third-order valence-electron chi connectivity index (χ3n) is 5.13. The molecule has 0 aliphatic carbocycles. The molecular formula is C25H21ClFN3O2. The summed E-state index contributed by atoms with van der Waals surface area (Å²) in [7, 11) is 1.61. The molecule has 162 valence electrons. The first kappa shape index (κ1) is 21.6. The van der Waals surface area contributed by atoms with Crippen LogP contribution in [0.2, 0.25) is 5.02 Å². The largest absolute Gasteiger partial charge is 0.496 e. The minimum atomic E-state index is -0.554. The van der Waals surface area contributed by atoms with E-state index in [1.807, 2.05) is 47.2 Å². The number of anilines is 1. The minimum absolute atomic E-state index is 0.246. The van der Waals surface area contributed by atoms with Gasteiger partial charge < -0.3 is 10.1 Å². The lowest BCUT2D eigenvalue weighted by molar-refractivity contribution is -0.117. The highest BCUT2D eigenvalue weighted by molar-refractivity contribution is 6.30. The molecule has 1 aromatic heterocycles. The summed E-state index contributed by atoms with van der Waals surface area (Å²) in [6.07, 6.45) is 1.83. The summed E-state index contributed by atoms with van der Waals surface area (Å²) in [6, 6.07) is 20.6. The molecule has 0 fully saturated rings. The quantitative estimate of drug-likeness (QED) is 0.388. The summed E-state index contributed by atoms with van der Waals surface area (Å²) in [5.74, 6) is 0.148. The predicted molar refractivity (Wildman–Crippen MR) is 124 cm³/mol. The Morgan fingerprint density at radius 3 is 2.44 bits per heavy atom. The van der Waals surface area contributed by atoms with E-state index in [0.29, 0.717) is 28.0 Å². The highest BCUT2D eigenvalue weighted by Crippen LogP contribution is 2.33. The van der Waals surface area contributed by atoms with Crippen molar-refractivity contribution in [3.63, 3.8) is 0 Å². The zero-order valence-electron chi connectivity index (χ0n) is 17.5. The normalized spacial score (nSPS) is 11.8. The molecule has 0 radical (unpaired) electrons. The standard InChI is InChI=1S/C25H21ClFN3O2/c1-16(25(31)28-19-11-9-18(27)10-12-19)22-15-30(20-13-7-17(26)8-14-20)24(29-22)21-5-3-4-6-23(21)32-2/h3-16H,1-2H3,(H,28,31). The number of amides is 1. The molecule has 0 bridgehead atoms. The van der Waals surface area contributed by atoms with E-state index in [1.165, 1.54) is 24.3 Å². The molecule has 0 aliphatic heterocycles. The van der Waals surface area contributed by atoms with Crippen molar-refractivity contribution in [2.24, 2.45) is 0 Å². The van der Waals surface area contributed by atoms with Crippen molar-refractivity contribution in [1.29, 1.82) is 0 Å². The van der Waals surface area contributed by atoms with Gasteiger partial charge in [-0.1, -0.05) is 23.7 Å². The second kappa shape index (κ2) is 9.24. The number of halogens is 2. The Balaban J connectivity index is 1.73. The molecule has 0 saturated heterocycles. The summed E-state index contributed by atoms with van der Waals surface area (Å²) in [4.78, 5) is 17.7. The molecule has 0 saturated carbocycles. The second-order valence-electron chi connectivity index (χ2n) is 7.25. The van der Waals surface area contributed by atoms with Crippen molar-refractivity contribution in [2.75, 3.05) is 12.4 Å². The monoisotopic (exact) mass is 449 g/mol. The first-order chi connectivity index (χ1) is 15.5. The van der Waals surface area contributed by atoms with E-state index in [9.17, 15) is 9.18 Å². The minimum Gasteiger partial charge on any atom is -0.496 e. The van der Waals surface area contributed by atoms with Gasteiger partial charge in [0.05, 0.1) is 24.3 Å². The Morgan fingerprint density at radius 1 is 1.06 bits per heavy atom. The van der Waals surface area contributed by atoms with Gasteiger partial charge in [0, 0.05) is 22.6 Å². The number of hydrogen-bond donors (Lipinski definition) is 1. The molecule has 7 heteroatoms. The van der Waals surface area contributed by atoms with E-state index in [0.717, 1.165) is 11.3 Å². The first-order valence-corrected chi connectivity index (χ1v) is 10.4. The Bertz CT molecular complexity index is 1240. The van der Waals surface area contributed by atoms with Crippen molar-refractivity contribution < 1.29 is 13.9 Å². The van der Waals surface area contributed by atoms with Gasteiger partial charge >= 0.3 is 0 Å². The molecule has 4 rings (SSSR count). The molecule has 4 aromatic rings. The number of ether oxygens (including phenoxy) is 1. The molecule has 0 aliphatic rings.